The Labute approximate surface area is 96.9 Å². The number of carbonyl (C=O) groups is 1. The van der Waals surface area contributed by atoms with E-state index in [4.69, 9.17) is 9.15 Å². The van der Waals surface area contributed by atoms with Crippen LogP contribution in [0.2, 0.25) is 0 Å². The number of carbonyl (C=O) groups excluding carboxylic acids is 1. The Morgan fingerprint density at radius 2 is 2.50 bits per heavy atom. The lowest BCUT2D eigenvalue weighted by Crippen LogP contribution is -2.06. The monoisotopic (exact) mass is 237 g/mol. The van der Waals surface area contributed by atoms with Gasteiger partial charge in [-0.2, -0.15) is 0 Å². The number of thiophene rings is 1. The number of ether oxygens (including phenoxy) is 1. The van der Waals surface area contributed by atoms with Crippen LogP contribution in [0.3, 0.4) is 0 Å². The zero-order chi connectivity index (χ0) is 11.4. The van der Waals surface area contributed by atoms with Gasteiger partial charge in [-0.1, -0.05) is 6.07 Å². The average Bonchev–Trinajstić information content (AvgIpc) is 2.86. The summed E-state index contributed by atoms with van der Waals surface area (Å²) in [6.45, 7) is 2.15. The van der Waals surface area contributed by atoms with Crippen molar-refractivity contribution >= 4 is 17.3 Å². The molecule has 84 valence electrons. The summed E-state index contributed by atoms with van der Waals surface area (Å²) < 4.78 is 10.3. The quantitative estimate of drug-likeness (QED) is 0.767. The van der Waals surface area contributed by atoms with Crippen molar-refractivity contribution in [2.75, 3.05) is 6.61 Å². The largest absolute Gasteiger partial charge is 0.466 e. The van der Waals surface area contributed by atoms with Crippen molar-refractivity contribution in [1.82, 2.24) is 4.98 Å². The van der Waals surface area contributed by atoms with Gasteiger partial charge in [-0.15, -0.1) is 11.3 Å². The lowest BCUT2D eigenvalue weighted by Gasteiger charge is -1.97. The van der Waals surface area contributed by atoms with E-state index >= 15 is 0 Å². The van der Waals surface area contributed by atoms with E-state index in [-0.39, 0.29) is 12.4 Å². The van der Waals surface area contributed by atoms with Crippen LogP contribution < -0.4 is 0 Å². The third kappa shape index (κ3) is 2.49. The van der Waals surface area contributed by atoms with Crippen LogP contribution in [0.4, 0.5) is 0 Å². The Kier molecular flexibility index (Phi) is 3.36. The van der Waals surface area contributed by atoms with Gasteiger partial charge in [0.2, 0.25) is 5.89 Å². The minimum Gasteiger partial charge on any atom is -0.466 e. The smallest absolute Gasteiger partial charge is 0.313 e. The molecule has 0 aliphatic carbocycles. The average molecular weight is 237 g/mol. The second kappa shape index (κ2) is 4.94. The molecule has 0 atom stereocenters. The van der Waals surface area contributed by atoms with Gasteiger partial charge in [0.15, 0.2) is 0 Å². The van der Waals surface area contributed by atoms with Crippen molar-refractivity contribution < 1.29 is 13.9 Å². The highest BCUT2D eigenvalue weighted by Gasteiger charge is 2.11. The van der Waals surface area contributed by atoms with Gasteiger partial charge in [-0.25, -0.2) is 4.98 Å². The second-order valence-corrected chi connectivity index (χ2v) is 4.04. The molecule has 0 aliphatic heterocycles. The Balaban J connectivity index is 2.06. The van der Waals surface area contributed by atoms with Gasteiger partial charge in [0.25, 0.3) is 0 Å². The molecule has 0 saturated carbocycles. The number of nitrogens with zero attached hydrogens (tertiary/aromatic N) is 1. The molecule has 4 nitrogen and oxygen atoms in total. The van der Waals surface area contributed by atoms with Crippen LogP contribution in [0.1, 0.15) is 12.7 Å². The lowest BCUT2D eigenvalue weighted by molar-refractivity contribution is -0.142. The van der Waals surface area contributed by atoms with E-state index in [1.54, 1.807) is 24.5 Å². The summed E-state index contributed by atoms with van der Waals surface area (Å²) >= 11 is 1.55. The molecule has 5 heteroatoms. The van der Waals surface area contributed by atoms with E-state index in [0.29, 0.717) is 18.3 Å². The Morgan fingerprint density at radius 1 is 1.62 bits per heavy atom. The van der Waals surface area contributed by atoms with Crippen LogP contribution in [0, 0.1) is 0 Å². The Bertz CT molecular complexity index is 461. The fraction of sp³-hybridized carbons (Fsp3) is 0.273. The Morgan fingerprint density at radius 3 is 3.19 bits per heavy atom. The summed E-state index contributed by atoms with van der Waals surface area (Å²) in [5, 5.41) is 1.95. The maximum atomic E-state index is 11.2. The number of oxazole rings is 1. The summed E-state index contributed by atoms with van der Waals surface area (Å²) in [6.07, 6.45) is 1.69. The van der Waals surface area contributed by atoms with E-state index < -0.39 is 0 Å². The normalized spacial score (nSPS) is 10.3. The van der Waals surface area contributed by atoms with Crippen LogP contribution in [-0.4, -0.2) is 17.6 Å². The molecular weight excluding hydrogens is 226 g/mol. The third-order valence-electron chi connectivity index (χ3n) is 1.91. The molecule has 0 bridgehead atoms. The van der Waals surface area contributed by atoms with Crippen molar-refractivity contribution in [3.63, 3.8) is 0 Å². The van der Waals surface area contributed by atoms with E-state index in [1.165, 1.54) is 0 Å². The summed E-state index contributed by atoms with van der Waals surface area (Å²) in [7, 11) is 0. The maximum Gasteiger partial charge on any atom is 0.313 e. The highest BCUT2D eigenvalue weighted by Crippen LogP contribution is 2.24. The topological polar surface area (TPSA) is 52.3 Å². The lowest BCUT2D eigenvalue weighted by atomic mass is 10.4. The minimum atomic E-state index is -0.295. The number of hydrogen-bond acceptors (Lipinski definition) is 5. The molecule has 0 fully saturated rings. The van der Waals surface area contributed by atoms with Gasteiger partial charge < -0.3 is 9.15 Å². The molecule has 2 heterocycles. The van der Waals surface area contributed by atoms with Crippen molar-refractivity contribution in [2.24, 2.45) is 0 Å². The van der Waals surface area contributed by atoms with E-state index in [9.17, 15) is 4.79 Å². The predicted molar refractivity (Wildman–Crippen MR) is 60.2 cm³/mol. The van der Waals surface area contributed by atoms with Gasteiger partial charge in [0.05, 0.1) is 17.7 Å². The molecule has 16 heavy (non-hydrogen) atoms. The molecule has 0 unspecified atom stereocenters. The Hall–Kier alpha value is -1.62. The van der Waals surface area contributed by atoms with E-state index in [2.05, 4.69) is 4.98 Å². The summed E-state index contributed by atoms with van der Waals surface area (Å²) in [4.78, 5) is 16.3. The van der Waals surface area contributed by atoms with Crippen LogP contribution in [0.15, 0.2) is 28.1 Å². The van der Waals surface area contributed by atoms with Gasteiger partial charge in [-0.3, -0.25) is 4.79 Å². The first-order valence-corrected chi connectivity index (χ1v) is 5.81. The zero-order valence-electron chi connectivity index (χ0n) is 8.80. The number of hydrogen-bond donors (Lipinski definition) is 0. The summed E-state index contributed by atoms with van der Waals surface area (Å²) in [5.41, 5.74) is 0. The first kappa shape index (κ1) is 10.9. The fourth-order valence-electron chi connectivity index (χ4n) is 1.26. The van der Waals surface area contributed by atoms with Gasteiger partial charge in [0.1, 0.15) is 12.2 Å². The predicted octanol–water partition coefficient (Wildman–Crippen LogP) is 2.51. The fourth-order valence-corrected chi connectivity index (χ4v) is 1.91. The highest BCUT2D eigenvalue weighted by atomic mass is 32.1. The standard InChI is InChI=1S/C11H11NO3S/c1-2-14-10(13)6-8-7-12-11(15-8)9-4-3-5-16-9/h3-5,7H,2,6H2,1H3. The maximum absolute atomic E-state index is 11.2. The highest BCUT2D eigenvalue weighted by molar-refractivity contribution is 7.13. The molecule has 0 amide bonds. The van der Waals surface area contributed by atoms with Crippen LogP contribution in [-0.2, 0) is 16.0 Å². The van der Waals surface area contributed by atoms with Gasteiger partial charge in [-0.05, 0) is 18.4 Å². The third-order valence-corrected chi connectivity index (χ3v) is 2.77. The molecule has 0 aromatic carbocycles. The summed E-state index contributed by atoms with van der Waals surface area (Å²) in [6, 6.07) is 3.85. The number of aromatic nitrogens is 1. The molecular formula is C11H11NO3S. The van der Waals surface area contributed by atoms with E-state index in [1.807, 2.05) is 17.5 Å². The first-order valence-electron chi connectivity index (χ1n) is 4.94. The van der Waals surface area contributed by atoms with E-state index in [0.717, 1.165) is 4.88 Å². The van der Waals surface area contributed by atoms with Gasteiger partial charge >= 0.3 is 5.97 Å². The SMILES string of the molecule is CCOC(=O)Cc1cnc(-c2cccs2)o1. The molecule has 0 radical (unpaired) electrons. The molecule has 0 spiro atoms. The zero-order valence-corrected chi connectivity index (χ0v) is 9.62. The van der Waals surface area contributed by atoms with Crippen LogP contribution >= 0.6 is 11.3 Å². The molecule has 2 aromatic heterocycles. The van der Waals surface area contributed by atoms with Gasteiger partial charge in [0, 0.05) is 0 Å². The van der Waals surface area contributed by atoms with Crippen LogP contribution in [0.25, 0.3) is 10.8 Å². The number of esters is 1. The molecule has 0 aliphatic rings. The molecule has 2 aromatic rings. The number of rotatable bonds is 4. The summed E-state index contributed by atoms with van der Waals surface area (Å²) in [5.74, 6) is 0.785. The van der Waals surface area contributed by atoms with Crippen molar-refractivity contribution in [3.8, 4) is 10.8 Å². The van der Waals surface area contributed by atoms with Crippen molar-refractivity contribution in [2.45, 2.75) is 13.3 Å². The van der Waals surface area contributed by atoms with Crippen molar-refractivity contribution in [1.29, 1.82) is 0 Å². The first-order chi connectivity index (χ1) is 7.79. The second-order valence-electron chi connectivity index (χ2n) is 3.09. The minimum absolute atomic E-state index is 0.131. The van der Waals surface area contributed by atoms with Crippen LogP contribution in [0.5, 0.6) is 0 Å². The molecule has 2 rings (SSSR count). The molecule has 0 saturated heterocycles. The van der Waals surface area contributed by atoms with Crippen molar-refractivity contribution in [3.05, 3.63) is 29.5 Å². The molecule has 0 N–H and O–H groups in total.